The first-order valence-electron chi connectivity index (χ1n) is 10.5. The Kier molecular flexibility index (Phi) is 9.57. The highest BCUT2D eigenvalue weighted by atomic mass is 35.5. The molecule has 180 valence electrons. The van der Waals surface area contributed by atoms with Crippen LogP contribution >= 0.6 is 23.2 Å². The van der Waals surface area contributed by atoms with Crippen molar-refractivity contribution in [3.05, 3.63) is 63.6 Å². The fraction of sp³-hybridized carbons (Fsp3) is 0.391. The quantitative estimate of drug-likeness (QED) is 0.522. The summed E-state index contributed by atoms with van der Waals surface area (Å²) in [7, 11) is -2.27. The Bertz CT molecular complexity index is 1090. The maximum atomic E-state index is 13.5. The van der Waals surface area contributed by atoms with E-state index < -0.39 is 28.5 Å². The Morgan fingerprint density at radius 1 is 1.00 bits per heavy atom. The molecule has 2 aromatic carbocycles. The molecule has 0 aromatic heterocycles. The Morgan fingerprint density at radius 2 is 1.61 bits per heavy atom. The van der Waals surface area contributed by atoms with E-state index in [0.717, 1.165) is 22.5 Å². The van der Waals surface area contributed by atoms with Gasteiger partial charge < -0.3 is 10.2 Å². The Balaban J connectivity index is 2.43. The molecule has 1 atom stereocenters. The number of amides is 2. The molecule has 0 unspecified atom stereocenters. The van der Waals surface area contributed by atoms with Gasteiger partial charge in [0.1, 0.15) is 12.6 Å². The lowest BCUT2D eigenvalue weighted by Gasteiger charge is -2.32. The van der Waals surface area contributed by atoms with Crippen molar-refractivity contribution in [1.29, 1.82) is 0 Å². The summed E-state index contributed by atoms with van der Waals surface area (Å²) in [5.74, 6) is -0.856. The SMILES string of the molecule is CCc1ccc(N(CC(=O)N(Cc2ccc(Cl)c(Cl)c2)[C@@H](CC)C(=O)NC)S(C)(=O)=O)cc1. The third-order valence-electron chi connectivity index (χ3n) is 5.28. The van der Waals surface area contributed by atoms with Gasteiger partial charge in [-0.1, -0.05) is 55.2 Å². The van der Waals surface area contributed by atoms with Gasteiger partial charge in [-0.25, -0.2) is 8.42 Å². The maximum absolute atomic E-state index is 13.5. The number of aryl methyl sites for hydroxylation is 1. The Labute approximate surface area is 205 Å². The number of rotatable bonds is 10. The second-order valence-corrected chi connectivity index (χ2v) is 10.3. The van der Waals surface area contributed by atoms with Crippen LogP contribution in [0.1, 0.15) is 31.4 Å². The second-order valence-electron chi connectivity index (χ2n) is 7.60. The molecule has 0 aliphatic carbocycles. The number of sulfonamides is 1. The van der Waals surface area contributed by atoms with Crippen molar-refractivity contribution in [2.24, 2.45) is 0 Å². The van der Waals surface area contributed by atoms with Crippen LogP contribution in [0, 0.1) is 0 Å². The van der Waals surface area contributed by atoms with Crippen molar-refractivity contribution in [2.75, 3.05) is 24.2 Å². The molecule has 0 fully saturated rings. The van der Waals surface area contributed by atoms with Gasteiger partial charge in [-0.15, -0.1) is 0 Å². The van der Waals surface area contributed by atoms with Crippen molar-refractivity contribution < 1.29 is 18.0 Å². The molecule has 0 aliphatic rings. The summed E-state index contributed by atoms with van der Waals surface area (Å²) in [5, 5.41) is 3.27. The van der Waals surface area contributed by atoms with E-state index in [9.17, 15) is 18.0 Å². The van der Waals surface area contributed by atoms with Crippen molar-refractivity contribution >= 4 is 50.7 Å². The van der Waals surface area contributed by atoms with E-state index in [4.69, 9.17) is 23.2 Å². The minimum absolute atomic E-state index is 0.0635. The first-order valence-corrected chi connectivity index (χ1v) is 13.1. The molecule has 0 radical (unpaired) electrons. The monoisotopic (exact) mass is 513 g/mol. The van der Waals surface area contributed by atoms with Crippen LogP contribution in [0.4, 0.5) is 5.69 Å². The van der Waals surface area contributed by atoms with Crippen LogP contribution in [0.15, 0.2) is 42.5 Å². The molecule has 0 bridgehead atoms. The molecule has 2 rings (SSSR count). The molecular formula is C23H29Cl2N3O4S. The lowest BCUT2D eigenvalue weighted by Crippen LogP contribution is -2.51. The summed E-state index contributed by atoms with van der Waals surface area (Å²) in [5.41, 5.74) is 2.09. The van der Waals surface area contributed by atoms with Gasteiger partial charge in [0.2, 0.25) is 21.8 Å². The third-order valence-corrected chi connectivity index (χ3v) is 7.16. The minimum Gasteiger partial charge on any atom is -0.357 e. The average Bonchev–Trinajstić information content (AvgIpc) is 2.78. The van der Waals surface area contributed by atoms with Gasteiger partial charge in [-0.3, -0.25) is 13.9 Å². The van der Waals surface area contributed by atoms with Crippen LogP contribution in [-0.4, -0.2) is 51.0 Å². The number of carbonyl (C=O) groups is 2. The van der Waals surface area contributed by atoms with Crippen molar-refractivity contribution in [1.82, 2.24) is 10.2 Å². The molecule has 0 saturated heterocycles. The van der Waals surface area contributed by atoms with Crippen LogP contribution in [-0.2, 0) is 32.6 Å². The van der Waals surface area contributed by atoms with Crippen LogP contribution in [0.2, 0.25) is 10.0 Å². The zero-order valence-corrected chi connectivity index (χ0v) is 21.5. The molecule has 2 amide bonds. The van der Waals surface area contributed by atoms with Gasteiger partial charge in [0.05, 0.1) is 22.0 Å². The summed E-state index contributed by atoms with van der Waals surface area (Å²) in [6, 6.07) is 11.2. The van der Waals surface area contributed by atoms with E-state index in [1.54, 1.807) is 37.3 Å². The number of anilines is 1. The highest BCUT2D eigenvalue weighted by Gasteiger charge is 2.31. The lowest BCUT2D eigenvalue weighted by atomic mass is 10.1. The van der Waals surface area contributed by atoms with Gasteiger partial charge >= 0.3 is 0 Å². The van der Waals surface area contributed by atoms with Crippen LogP contribution in [0.25, 0.3) is 0 Å². The van der Waals surface area contributed by atoms with Gasteiger partial charge in [0, 0.05) is 13.6 Å². The molecular weight excluding hydrogens is 485 g/mol. The second kappa shape index (κ2) is 11.7. The first-order chi connectivity index (χ1) is 15.5. The summed E-state index contributed by atoms with van der Waals surface area (Å²) in [4.78, 5) is 27.4. The Hall–Kier alpha value is -2.29. The minimum atomic E-state index is -3.76. The van der Waals surface area contributed by atoms with Crippen molar-refractivity contribution in [3.8, 4) is 0 Å². The number of nitrogens with zero attached hydrogens (tertiary/aromatic N) is 2. The van der Waals surface area contributed by atoms with E-state index in [1.807, 2.05) is 19.1 Å². The van der Waals surface area contributed by atoms with Crippen LogP contribution in [0.5, 0.6) is 0 Å². The number of likely N-dealkylation sites (N-methyl/N-ethyl adjacent to an activating group) is 1. The van der Waals surface area contributed by atoms with E-state index in [2.05, 4.69) is 5.32 Å². The number of carbonyl (C=O) groups excluding carboxylic acids is 2. The number of nitrogens with one attached hydrogen (secondary N) is 1. The molecule has 0 aliphatic heterocycles. The predicted molar refractivity (Wildman–Crippen MR) is 133 cm³/mol. The molecule has 0 heterocycles. The Morgan fingerprint density at radius 3 is 2.09 bits per heavy atom. The number of hydrogen-bond acceptors (Lipinski definition) is 4. The van der Waals surface area contributed by atoms with Gasteiger partial charge in [0.15, 0.2) is 0 Å². The molecule has 1 N–H and O–H groups in total. The molecule has 0 saturated carbocycles. The molecule has 10 heteroatoms. The smallest absolute Gasteiger partial charge is 0.244 e. The van der Waals surface area contributed by atoms with Gasteiger partial charge in [-0.05, 0) is 48.2 Å². The summed E-state index contributed by atoms with van der Waals surface area (Å²) >= 11 is 12.1. The highest BCUT2D eigenvalue weighted by molar-refractivity contribution is 7.92. The van der Waals surface area contributed by atoms with Gasteiger partial charge in [0.25, 0.3) is 0 Å². The standard InChI is InChI=1S/C23H29Cl2N3O4S/c1-5-16-7-10-18(11-8-16)28(33(4,31)32)15-22(29)27(21(6-2)23(30)26-3)14-17-9-12-19(24)20(25)13-17/h7-13,21H,5-6,14-15H2,1-4H3,(H,26,30)/t21-/m0/s1. The lowest BCUT2D eigenvalue weighted by molar-refractivity contribution is -0.140. The van der Waals surface area contributed by atoms with Crippen molar-refractivity contribution in [2.45, 2.75) is 39.3 Å². The van der Waals surface area contributed by atoms with E-state index in [-0.39, 0.29) is 12.5 Å². The largest absolute Gasteiger partial charge is 0.357 e. The average molecular weight is 514 g/mol. The van der Waals surface area contributed by atoms with Gasteiger partial charge in [-0.2, -0.15) is 0 Å². The molecule has 0 spiro atoms. The fourth-order valence-electron chi connectivity index (χ4n) is 3.43. The topological polar surface area (TPSA) is 86.8 Å². The normalized spacial score (nSPS) is 12.2. The van der Waals surface area contributed by atoms with Crippen LogP contribution in [0.3, 0.4) is 0 Å². The van der Waals surface area contributed by atoms with E-state index >= 15 is 0 Å². The first kappa shape index (κ1) is 27.0. The molecule has 33 heavy (non-hydrogen) atoms. The number of benzene rings is 2. The summed E-state index contributed by atoms with van der Waals surface area (Å²) in [6.45, 7) is 3.40. The maximum Gasteiger partial charge on any atom is 0.244 e. The third kappa shape index (κ3) is 7.09. The fourth-order valence-corrected chi connectivity index (χ4v) is 4.60. The van der Waals surface area contributed by atoms with E-state index in [0.29, 0.717) is 27.7 Å². The highest BCUT2D eigenvalue weighted by Crippen LogP contribution is 2.25. The van der Waals surface area contributed by atoms with Crippen molar-refractivity contribution in [3.63, 3.8) is 0 Å². The number of halogens is 2. The summed E-state index contributed by atoms with van der Waals surface area (Å²) < 4.78 is 26.2. The number of hydrogen-bond donors (Lipinski definition) is 1. The zero-order chi connectivity index (χ0) is 24.8. The van der Waals surface area contributed by atoms with E-state index in [1.165, 1.54) is 11.9 Å². The van der Waals surface area contributed by atoms with Crippen LogP contribution < -0.4 is 9.62 Å². The zero-order valence-electron chi connectivity index (χ0n) is 19.1. The predicted octanol–water partition coefficient (Wildman–Crippen LogP) is 3.88. The molecule has 2 aromatic rings. The summed E-state index contributed by atoms with van der Waals surface area (Å²) in [6.07, 6.45) is 2.20. The molecule has 7 nitrogen and oxygen atoms in total.